The molecule has 0 spiro atoms. The number of hydrogen-bond donors (Lipinski definition) is 0. The summed E-state index contributed by atoms with van der Waals surface area (Å²) in [6, 6.07) is 15.7. The number of carbonyl (C=O) groups excluding carboxylic acids is 1. The highest BCUT2D eigenvalue weighted by Crippen LogP contribution is 2.24. The smallest absolute Gasteiger partial charge is 0.338 e. The number of fused-ring (bicyclic) bond motifs is 1. The van der Waals surface area contributed by atoms with Gasteiger partial charge in [-0.2, -0.15) is 0 Å². The van der Waals surface area contributed by atoms with Crippen LogP contribution < -0.4 is 0 Å². The van der Waals surface area contributed by atoms with Crippen molar-refractivity contribution >= 4 is 33.6 Å². The summed E-state index contributed by atoms with van der Waals surface area (Å²) in [6.07, 6.45) is 4.98. The van der Waals surface area contributed by atoms with Crippen LogP contribution in [0.5, 0.6) is 0 Å². The summed E-state index contributed by atoms with van der Waals surface area (Å²) in [6.45, 7) is 2.19. The van der Waals surface area contributed by atoms with Crippen molar-refractivity contribution in [2.75, 3.05) is 6.61 Å². The van der Waals surface area contributed by atoms with Gasteiger partial charge in [0.2, 0.25) is 0 Å². The molecule has 0 bridgehead atoms. The van der Waals surface area contributed by atoms with Gasteiger partial charge in [0.1, 0.15) is 0 Å². The van der Waals surface area contributed by atoms with Gasteiger partial charge in [-0.25, -0.2) is 9.78 Å². The maximum absolute atomic E-state index is 11.8. The van der Waals surface area contributed by atoms with Crippen molar-refractivity contribution in [2.45, 2.75) is 13.3 Å². The fraction of sp³-hybridized carbons (Fsp3) is 0.158. The van der Waals surface area contributed by atoms with E-state index < -0.39 is 0 Å². The van der Waals surface area contributed by atoms with Crippen molar-refractivity contribution in [2.24, 2.45) is 0 Å². The molecule has 0 aliphatic heterocycles. The third-order valence-corrected chi connectivity index (χ3v) is 4.39. The number of esters is 1. The molecule has 0 aliphatic rings. The Morgan fingerprint density at radius 3 is 2.83 bits per heavy atom. The Morgan fingerprint density at radius 2 is 2.04 bits per heavy atom. The SMILES string of the molecule is CCOC(=O)c1ccc2nc(C/C=C/c3ccccc3)sc2c1. The topological polar surface area (TPSA) is 39.2 Å². The zero-order valence-corrected chi connectivity index (χ0v) is 13.7. The van der Waals surface area contributed by atoms with Gasteiger partial charge in [0, 0.05) is 6.42 Å². The molecule has 0 saturated carbocycles. The van der Waals surface area contributed by atoms with Crippen LogP contribution in [0.3, 0.4) is 0 Å². The molecule has 1 heterocycles. The Balaban J connectivity index is 1.75. The fourth-order valence-electron chi connectivity index (χ4n) is 2.26. The van der Waals surface area contributed by atoms with Crippen LogP contribution in [0.4, 0.5) is 0 Å². The first kappa shape index (κ1) is 15.4. The summed E-state index contributed by atoms with van der Waals surface area (Å²) in [5.74, 6) is -0.284. The number of ether oxygens (including phenoxy) is 1. The summed E-state index contributed by atoms with van der Waals surface area (Å²) >= 11 is 1.61. The summed E-state index contributed by atoms with van der Waals surface area (Å²) < 4.78 is 6.04. The van der Waals surface area contributed by atoms with Crippen molar-refractivity contribution in [1.29, 1.82) is 0 Å². The largest absolute Gasteiger partial charge is 0.462 e. The second kappa shape index (κ2) is 7.20. The average Bonchev–Trinajstić information content (AvgIpc) is 2.98. The van der Waals surface area contributed by atoms with Gasteiger partial charge in [-0.1, -0.05) is 42.5 Å². The predicted octanol–water partition coefficient (Wildman–Crippen LogP) is 4.73. The highest BCUT2D eigenvalue weighted by Gasteiger charge is 2.09. The molecule has 2 aromatic carbocycles. The highest BCUT2D eigenvalue weighted by atomic mass is 32.1. The molecule has 0 atom stereocenters. The number of aromatic nitrogens is 1. The molecule has 23 heavy (non-hydrogen) atoms. The van der Waals surface area contributed by atoms with Crippen LogP contribution in [-0.2, 0) is 11.2 Å². The molecule has 116 valence electrons. The summed E-state index contributed by atoms with van der Waals surface area (Å²) in [4.78, 5) is 16.4. The van der Waals surface area contributed by atoms with Crippen LogP contribution in [-0.4, -0.2) is 17.6 Å². The number of allylic oxidation sites excluding steroid dienone is 1. The summed E-state index contributed by atoms with van der Waals surface area (Å²) in [5.41, 5.74) is 2.68. The monoisotopic (exact) mass is 323 g/mol. The number of rotatable bonds is 5. The summed E-state index contributed by atoms with van der Waals surface area (Å²) in [5, 5.41) is 1.04. The molecule has 4 heteroatoms. The lowest BCUT2D eigenvalue weighted by Crippen LogP contribution is -2.03. The van der Waals surface area contributed by atoms with E-state index in [9.17, 15) is 4.79 Å². The van der Waals surface area contributed by atoms with Crippen LogP contribution in [0.1, 0.15) is 27.9 Å². The van der Waals surface area contributed by atoms with Crippen molar-refractivity contribution in [3.8, 4) is 0 Å². The Kier molecular flexibility index (Phi) is 4.83. The molecule has 3 aromatic rings. The number of benzene rings is 2. The third kappa shape index (κ3) is 3.85. The first-order chi connectivity index (χ1) is 11.3. The van der Waals surface area contributed by atoms with Gasteiger partial charge < -0.3 is 4.74 Å². The first-order valence-electron chi connectivity index (χ1n) is 7.54. The lowest BCUT2D eigenvalue weighted by atomic mass is 10.2. The van der Waals surface area contributed by atoms with Crippen molar-refractivity contribution in [3.05, 3.63) is 70.7 Å². The Hall–Kier alpha value is -2.46. The van der Waals surface area contributed by atoms with Crippen LogP contribution in [0.2, 0.25) is 0 Å². The third-order valence-electron chi connectivity index (χ3n) is 3.35. The molecule has 0 unspecified atom stereocenters. The van der Waals surface area contributed by atoms with Gasteiger partial charge in [-0.3, -0.25) is 0 Å². The minimum absolute atomic E-state index is 0.284. The normalized spacial score (nSPS) is 11.2. The number of hydrogen-bond acceptors (Lipinski definition) is 4. The molecular weight excluding hydrogens is 306 g/mol. The van der Waals surface area contributed by atoms with Gasteiger partial charge >= 0.3 is 5.97 Å². The van der Waals surface area contributed by atoms with Crippen molar-refractivity contribution in [3.63, 3.8) is 0 Å². The van der Waals surface area contributed by atoms with E-state index in [0.717, 1.165) is 21.6 Å². The molecule has 1 aromatic heterocycles. The van der Waals surface area contributed by atoms with E-state index in [4.69, 9.17) is 4.74 Å². The fourth-order valence-corrected chi connectivity index (χ4v) is 3.24. The number of nitrogens with zero attached hydrogens (tertiary/aromatic N) is 1. The van der Waals surface area contributed by atoms with Crippen LogP contribution in [0.25, 0.3) is 16.3 Å². The zero-order valence-electron chi connectivity index (χ0n) is 12.9. The van der Waals surface area contributed by atoms with E-state index in [0.29, 0.717) is 12.2 Å². The lowest BCUT2D eigenvalue weighted by molar-refractivity contribution is 0.0526. The van der Waals surface area contributed by atoms with Gasteiger partial charge in [0.25, 0.3) is 0 Å². The molecule has 0 radical (unpaired) electrons. The van der Waals surface area contributed by atoms with E-state index in [2.05, 4.69) is 29.3 Å². The van der Waals surface area contributed by atoms with E-state index in [-0.39, 0.29) is 5.97 Å². The van der Waals surface area contributed by atoms with Gasteiger partial charge in [0.15, 0.2) is 0 Å². The zero-order chi connectivity index (χ0) is 16.1. The first-order valence-corrected chi connectivity index (χ1v) is 8.36. The molecule has 3 nitrogen and oxygen atoms in total. The molecule has 0 saturated heterocycles. The molecule has 0 N–H and O–H groups in total. The van der Waals surface area contributed by atoms with Crippen LogP contribution >= 0.6 is 11.3 Å². The maximum Gasteiger partial charge on any atom is 0.338 e. The van der Waals surface area contributed by atoms with Crippen LogP contribution in [0, 0.1) is 0 Å². The summed E-state index contributed by atoms with van der Waals surface area (Å²) in [7, 11) is 0. The number of thiazole rings is 1. The molecular formula is C19H17NO2S. The van der Waals surface area contributed by atoms with E-state index >= 15 is 0 Å². The quantitative estimate of drug-likeness (QED) is 0.637. The van der Waals surface area contributed by atoms with Gasteiger partial charge in [0.05, 0.1) is 27.4 Å². The lowest BCUT2D eigenvalue weighted by Gasteiger charge is -2.00. The second-order valence-corrected chi connectivity index (χ2v) is 6.14. The molecule has 0 aliphatic carbocycles. The van der Waals surface area contributed by atoms with Crippen LogP contribution in [0.15, 0.2) is 54.6 Å². The molecule has 3 rings (SSSR count). The Morgan fingerprint density at radius 1 is 1.22 bits per heavy atom. The average molecular weight is 323 g/mol. The van der Waals surface area contributed by atoms with Gasteiger partial charge in [-0.05, 0) is 30.7 Å². The van der Waals surface area contributed by atoms with Crippen molar-refractivity contribution in [1.82, 2.24) is 4.98 Å². The Labute approximate surface area is 139 Å². The highest BCUT2D eigenvalue weighted by molar-refractivity contribution is 7.18. The van der Waals surface area contributed by atoms with Crippen molar-refractivity contribution < 1.29 is 9.53 Å². The molecule has 0 fully saturated rings. The maximum atomic E-state index is 11.8. The molecule has 0 amide bonds. The minimum Gasteiger partial charge on any atom is -0.462 e. The standard InChI is InChI=1S/C19H17NO2S/c1-2-22-19(21)15-11-12-16-17(13-15)23-18(20-16)10-6-9-14-7-4-3-5-8-14/h3-9,11-13H,2,10H2,1H3/b9-6+. The van der Waals surface area contributed by atoms with Gasteiger partial charge in [-0.15, -0.1) is 11.3 Å². The van der Waals surface area contributed by atoms with E-state index in [1.165, 1.54) is 5.56 Å². The van der Waals surface area contributed by atoms with E-state index in [1.807, 2.05) is 30.3 Å². The minimum atomic E-state index is -0.284. The number of carbonyl (C=O) groups is 1. The predicted molar refractivity (Wildman–Crippen MR) is 94.8 cm³/mol. The van der Waals surface area contributed by atoms with E-state index in [1.54, 1.807) is 24.3 Å². The Bertz CT molecular complexity index is 837. The second-order valence-electron chi connectivity index (χ2n) is 5.03.